The van der Waals surface area contributed by atoms with Gasteiger partial charge in [-0.3, -0.25) is 4.68 Å². The number of hydrogen-bond acceptors (Lipinski definition) is 3. The highest BCUT2D eigenvalue weighted by atomic mass is 15.3. The Morgan fingerprint density at radius 2 is 2.35 bits per heavy atom. The molecular weight excluding hydrogens is 248 g/mol. The summed E-state index contributed by atoms with van der Waals surface area (Å²) in [6.45, 7) is 4.84. The van der Waals surface area contributed by atoms with E-state index in [9.17, 15) is 0 Å². The minimum Gasteiger partial charge on any atom is -0.312 e. The lowest BCUT2D eigenvalue weighted by atomic mass is 10.1. The van der Waals surface area contributed by atoms with Crippen LogP contribution >= 0.6 is 0 Å². The van der Waals surface area contributed by atoms with Crippen molar-refractivity contribution in [3.05, 3.63) is 52.3 Å². The maximum atomic E-state index is 8.98. The third-order valence-electron chi connectivity index (χ3n) is 3.81. The number of rotatable bonds is 3. The van der Waals surface area contributed by atoms with Crippen molar-refractivity contribution >= 4 is 0 Å². The average Bonchev–Trinajstić information content (AvgIpc) is 2.86. The number of benzene rings is 1. The summed E-state index contributed by atoms with van der Waals surface area (Å²) in [4.78, 5) is 0. The van der Waals surface area contributed by atoms with Gasteiger partial charge < -0.3 is 5.32 Å². The lowest BCUT2D eigenvalue weighted by Gasteiger charge is -2.15. The lowest BCUT2D eigenvalue weighted by molar-refractivity contribution is 0.582. The zero-order chi connectivity index (χ0) is 13.9. The summed E-state index contributed by atoms with van der Waals surface area (Å²) in [5, 5.41) is 17.2. The summed E-state index contributed by atoms with van der Waals surface area (Å²) in [6.07, 6.45) is 2.00. The van der Waals surface area contributed by atoms with Crippen LogP contribution in [0, 0.1) is 11.3 Å². The van der Waals surface area contributed by atoms with Gasteiger partial charge in [0.25, 0.3) is 0 Å². The van der Waals surface area contributed by atoms with Gasteiger partial charge in [0.05, 0.1) is 23.9 Å². The molecule has 0 radical (unpaired) electrons. The molecule has 1 aromatic carbocycles. The van der Waals surface area contributed by atoms with Crippen molar-refractivity contribution in [1.29, 1.82) is 5.26 Å². The number of nitrogens with zero attached hydrogens (tertiary/aromatic N) is 3. The first-order valence-corrected chi connectivity index (χ1v) is 7.09. The van der Waals surface area contributed by atoms with Gasteiger partial charge in [0.2, 0.25) is 0 Å². The van der Waals surface area contributed by atoms with Crippen LogP contribution in [0.15, 0.2) is 24.3 Å². The molecule has 1 aromatic heterocycles. The van der Waals surface area contributed by atoms with Gasteiger partial charge in [-0.05, 0) is 24.1 Å². The third kappa shape index (κ3) is 2.33. The molecule has 0 atom stereocenters. The van der Waals surface area contributed by atoms with Crippen LogP contribution in [0.3, 0.4) is 0 Å². The van der Waals surface area contributed by atoms with Gasteiger partial charge in [0.15, 0.2) is 0 Å². The highest BCUT2D eigenvalue weighted by Gasteiger charge is 2.19. The molecule has 4 heteroatoms. The predicted octanol–water partition coefficient (Wildman–Crippen LogP) is 2.01. The van der Waals surface area contributed by atoms with Crippen molar-refractivity contribution in [3.63, 3.8) is 0 Å². The summed E-state index contributed by atoms with van der Waals surface area (Å²) >= 11 is 0. The van der Waals surface area contributed by atoms with Crippen molar-refractivity contribution in [2.24, 2.45) is 0 Å². The highest BCUT2D eigenvalue weighted by Crippen LogP contribution is 2.20. The van der Waals surface area contributed by atoms with E-state index >= 15 is 0 Å². The Kier molecular flexibility index (Phi) is 3.53. The smallest absolute Gasteiger partial charge is 0.0991 e. The van der Waals surface area contributed by atoms with Gasteiger partial charge in [-0.15, -0.1) is 0 Å². The van der Waals surface area contributed by atoms with Crippen molar-refractivity contribution in [2.45, 2.75) is 32.9 Å². The Hall–Kier alpha value is -2.12. The number of nitrogens with one attached hydrogen (secondary N) is 1. The van der Waals surface area contributed by atoms with Crippen LogP contribution in [0.25, 0.3) is 0 Å². The van der Waals surface area contributed by atoms with Gasteiger partial charge in [0.1, 0.15) is 0 Å². The fourth-order valence-corrected chi connectivity index (χ4v) is 2.82. The van der Waals surface area contributed by atoms with Gasteiger partial charge in [0, 0.05) is 30.8 Å². The zero-order valence-electron chi connectivity index (χ0n) is 11.7. The molecule has 0 saturated carbocycles. The first-order valence-electron chi connectivity index (χ1n) is 7.09. The Morgan fingerprint density at radius 1 is 1.45 bits per heavy atom. The highest BCUT2D eigenvalue weighted by molar-refractivity contribution is 5.34. The summed E-state index contributed by atoms with van der Waals surface area (Å²) < 4.78 is 2.12. The van der Waals surface area contributed by atoms with Crippen LogP contribution in [-0.2, 0) is 25.9 Å². The molecule has 0 bridgehead atoms. The Labute approximate surface area is 119 Å². The second-order valence-corrected chi connectivity index (χ2v) is 5.12. The van der Waals surface area contributed by atoms with Crippen molar-refractivity contribution in [2.75, 3.05) is 6.54 Å². The normalized spacial score (nSPS) is 13.8. The van der Waals surface area contributed by atoms with Crippen LogP contribution in [0.4, 0.5) is 0 Å². The number of aryl methyl sites for hydroxylation is 1. The summed E-state index contributed by atoms with van der Waals surface area (Å²) in [7, 11) is 0. The Morgan fingerprint density at radius 3 is 3.15 bits per heavy atom. The molecule has 0 fully saturated rings. The number of fused-ring (bicyclic) bond motifs is 1. The number of hydrogen-bond donors (Lipinski definition) is 1. The molecule has 4 nitrogen and oxygen atoms in total. The molecule has 2 heterocycles. The van der Waals surface area contributed by atoms with E-state index < -0.39 is 0 Å². The fraction of sp³-hybridized carbons (Fsp3) is 0.375. The topological polar surface area (TPSA) is 53.6 Å². The van der Waals surface area contributed by atoms with Crippen molar-refractivity contribution in [1.82, 2.24) is 15.1 Å². The molecule has 1 N–H and O–H groups in total. The van der Waals surface area contributed by atoms with E-state index in [1.807, 2.05) is 18.2 Å². The van der Waals surface area contributed by atoms with Gasteiger partial charge in [-0.2, -0.15) is 10.4 Å². The average molecular weight is 266 g/mol. The monoisotopic (exact) mass is 266 g/mol. The van der Waals surface area contributed by atoms with E-state index in [2.05, 4.69) is 29.1 Å². The molecule has 102 valence electrons. The quantitative estimate of drug-likeness (QED) is 0.924. The summed E-state index contributed by atoms with van der Waals surface area (Å²) in [5.74, 6) is 0. The first-order chi connectivity index (χ1) is 9.81. The molecule has 20 heavy (non-hydrogen) atoms. The molecule has 0 amide bonds. The number of nitriles is 1. The molecule has 0 saturated heterocycles. The minimum absolute atomic E-state index is 0.709. The van der Waals surface area contributed by atoms with E-state index in [4.69, 9.17) is 10.4 Å². The zero-order valence-corrected chi connectivity index (χ0v) is 11.7. The molecule has 2 aromatic rings. The second kappa shape index (κ2) is 5.48. The molecule has 3 rings (SSSR count). The molecule has 0 unspecified atom stereocenters. The van der Waals surface area contributed by atoms with Crippen LogP contribution in [-0.4, -0.2) is 16.3 Å². The van der Waals surface area contributed by atoms with Crippen LogP contribution in [0.1, 0.15) is 35.0 Å². The largest absolute Gasteiger partial charge is 0.312 e. The van der Waals surface area contributed by atoms with Gasteiger partial charge >= 0.3 is 0 Å². The van der Waals surface area contributed by atoms with E-state index in [1.54, 1.807) is 0 Å². The maximum absolute atomic E-state index is 8.98. The maximum Gasteiger partial charge on any atom is 0.0991 e. The molecular formula is C16H18N4. The minimum atomic E-state index is 0.709. The summed E-state index contributed by atoms with van der Waals surface area (Å²) in [5.41, 5.74) is 5.76. The molecule has 1 aliphatic heterocycles. The standard InChI is InChI=1S/C16H18N4/c1-2-15-14-10-18-7-6-16(14)20(19-15)11-13-5-3-4-12(8-13)9-17/h3-5,8,18H,2,6-7,10-11H2,1H3. The molecule has 0 spiro atoms. The van der Waals surface area contributed by atoms with Crippen LogP contribution in [0.5, 0.6) is 0 Å². The Balaban J connectivity index is 1.94. The summed E-state index contributed by atoms with van der Waals surface area (Å²) in [6, 6.07) is 9.97. The van der Waals surface area contributed by atoms with E-state index in [1.165, 1.54) is 17.0 Å². The number of aromatic nitrogens is 2. The fourth-order valence-electron chi connectivity index (χ4n) is 2.82. The lowest BCUT2D eigenvalue weighted by Crippen LogP contribution is -2.25. The van der Waals surface area contributed by atoms with E-state index in [0.717, 1.165) is 38.0 Å². The molecule has 0 aliphatic carbocycles. The van der Waals surface area contributed by atoms with Gasteiger partial charge in [-0.1, -0.05) is 19.1 Å². The molecule has 1 aliphatic rings. The third-order valence-corrected chi connectivity index (χ3v) is 3.81. The van der Waals surface area contributed by atoms with Crippen LogP contribution in [0.2, 0.25) is 0 Å². The Bertz CT molecular complexity index is 664. The first kappa shape index (κ1) is 12.9. The van der Waals surface area contributed by atoms with Crippen LogP contribution < -0.4 is 5.32 Å². The van der Waals surface area contributed by atoms with E-state index in [-0.39, 0.29) is 0 Å². The van der Waals surface area contributed by atoms with E-state index in [0.29, 0.717) is 5.56 Å². The van der Waals surface area contributed by atoms with Crippen molar-refractivity contribution < 1.29 is 0 Å². The van der Waals surface area contributed by atoms with Crippen molar-refractivity contribution in [3.8, 4) is 6.07 Å². The second-order valence-electron chi connectivity index (χ2n) is 5.12. The van der Waals surface area contributed by atoms with Gasteiger partial charge in [-0.25, -0.2) is 0 Å². The SMILES string of the molecule is CCc1nn(Cc2cccc(C#N)c2)c2c1CNCC2. The predicted molar refractivity (Wildman–Crippen MR) is 77.3 cm³/mol.